The predicted molar refractivity (Wildman–Crippen MR) is 95.6 cm³/mol. The van der Waals surface area contributed by atoms with Crippen LogP contribution in [0.1, 0.15) is 26.3 Å². The molecule has 24 heavy (non-hydrogen) atoms. The molecule has 2 heterocycles. The molecule has 1 aromatic carbocycles. The van der Waals surface area contributed by atoms with E-state index in [1.807, 2.05) is 39.0 Å². The SMILES string of the molecule is CC(C)(C)Cl.O=C(O)N1CC2CN(Cc3ccccc3)CC(C1)O2. The van der Waals surface area contributed by atoms with Gasteiger partial charge in [0.05, 0.1) is 25.3 Å². The van der Waals surface area contributed by atoms with Crippen molar-refractivity contribution < 1.29 is 14.6 Å². The Hall–Kier alpha value is -1.30. The van der Waals surface area contributed by atoms with Gasteiger partial charge in [-0.05, 0) is 26.3 Å². The summed E-state index contributed by atoms with van der Waals surface area (Å²) < 4.78 is 5.82. The Morgan fingerprint density at radius 2 is 1.67 bits per heavy atom. The number of halogens is 1. The first-order valence-electron chi connectivity index (χ1n) is 8.29. The highest BCUT2D eigenvalue weighted by atomic mass is 35.5. The summed E-state index contributed by atoms with van der Waals surface area (Å²) >= 11 is 5.53. The van der Waals surface area contributed by atoms with E-state index in [0.717, 1.165) is 19.6 Å². The number of nitrogens with zero attached hydrogens (tertiary/aromatic N) is 2. The second kappa shape index (κ2) is 8.19. The summed E-state index contributed by atoms with van der Waals surface area (Å²) in [6.45, 7) is 9.33. The van der Waals surface area contributed by atoms with Crippen molar-refractivity contribution in [3.8, 4) is 0 Å². The summed E-state index contributed by atoms with van der Waals surface area (Å²) in [5.74, 6) is 0. The fraction of sp³-hybridized carbons (Fsp3) is 0.611. The van der Waals surface area contributed by atoms with Gasteiger partial charge in [0.15, 0.2) is 0 Å². The van der Waals surface area contributed by atoms with E-state index in [1.165, 1.54) is 10.5 Å². The van der Waals surface area contributed by atoms with Crippen LogP contribution in [0.25, 0.3) is 0 Å². The molecule has 2 fully saturated rings. The largest absolute Gasteiger partial charge is 0.465 e. The first kappa shape index (κ1) is 19.0. The number of carbonyl (C=O) groups is 1. The number of rotatable bonds is 2. The van der Waals surface area contributed by atoms with E-state index in [2.05, 4.69) is 17.0 Å². The number of hydrogen-bond acceptors (Lipinski definition) is 3. The van der Waals surface area contributed by atoms with E-state index in [9.17, 15) is 4.79 Å². The van der Waals surface area contributed by atoms with Gasteiger partial charge in [0, 0.05) is 24.5 Å². The highest BCUT2D eigenvalue weighted by Crippen LogP contribution is 2.20. The lowest BCUT2D eigenvalue weighted by Gasteiger charge is -2.44. The second-order valence-corrected chi connectivity index (χ2v) is 8.45. The van der Waals surface area contributed by atoms with Crippen LogP contribution in [0.2, 0.25) is 0 Å². The molecule has 0 aliphatic carbocycles. The van der Waals surface area contributed by atoms with Crippen molar-refractivity contribution in [2.75, 3.05) is 26.2 Å². The average Bonchev–Trinajstić information content (AvgIpc) is 2.45. The van der Waals surface area contributed by atoms with E-state index in [1.54, 1.807) is 0 Å². The van der Waals surface area contributed by atoms with Gasteiger partial charge in [-0.1, -0.05) is 30.3 Å². The maximum Gasteiger partial charge on any atom is 0.407 e. The van der Waals surface area contributed by atoms with Gasteiger partial charge in [0.2, 0.25) is 0 Å². The Morgan fingerprint density at radius 3 is 2.12 bits per heavy atom. The molecule has 2 bridgehead atoms. The fourth-order valence-corrected chi connectivity index (χ4v) is 2.90. The minimum absolute atomic E-state index is 0.00677. The maximum absolute atomic E-state index is 11.0. The molecule has 2 saturated heterocycles. The minimum atomic E-state index is -0.838. The summed E-state index contributed by atoms with van der Waals surface area (Å²) in [7, 11) is 0. The summed E-state index contributed by atoms with van der Waals surface area (Å²) in [5.41, 5.74) is 1.29. The highest BCUT2D eigenvalue weighted by molar-refractivity contribution is 6.23. The van der Waals surface area contributed by atoms with Crippen LogP contribution >= 0.6 is 11.6 Å². The Bertz CT molecular complexity index is 513. The number of alkyl halides is 1. The Kier molecular flexibility index (Phi) is 6.49. The Labute approximate surface area is 149 Å². The zero-order valence-corrected chi connectivity index (χ0v) is 15.4. The van der Waals surface area contributed by atoms with Crippen molar-refractivity contribution in [2.45, 2.75) is 44.4 Å². The van der Waals surface area contributed by atoms with Crippen molar-refractivity contribution in [2.24, 2.45) is 0 Å². The Balaban J connectivity index is 0.000000368. The molecular weight excluding hydrogens is 328 g/mol. The molecule has 2 aliphatic rings. The van der Waals surface area contributed by atoms with E-state index in [4.69, 9.17) is 21.4 Å². The van der Waals surface area contributed by atoms with Gasteiger partial charge in [-0.3, -0.25) is 4.90 Å². The van der Waals surface area contributed by atoms with Crippen LogP contribution < -0.4 is 0 Å². The first-order valence-corrected chi connectivity index (χ1v) is 8.67. The van der Waals surface area contributed by atoms with Gasteiger partial charge in [-0.25, -0.2) is 4.79 Å². The molecule has 3 rings (SSSR count). The molecular formula is C18H27ClN2O3. The smallest absolute Gasteiger partial charge is 0.407 e. The van der Waals surface area contributed by atoms with E-state index < -0.39 is 6.09 Å². The zero-order chi connectivity index (χ0) is 17.7. The standard InChI is InChI=1S/C14H18N2O3.C4H9Cl/c17-14(18)16-9-12-7-15(8-13(10-16)19-12)6-11-4-2-1-3-5-11;1-4(2,3)5/h1-5,12-13H,6-10H2,(H,17,18);1-3H3. The number of fused-ring (bicyclic) bond motifs is 2. The minimum Gasteiger partial charge on any atom is -0.465 e. The van der Waals surface area contributed by atoms with E-state index in [-0.39, 0.29) is 17.1 Å². The lowest BCUT2D eigenvalue weighted by atomic mass is 10.1. The lowest BCUT2D eigenvalue weighted by molar-refractivity contribution is -0.133. The summed E-state index contributed by atoms with van der Waals surface area (Å²) in [6.07, 6.45) is -0.825. The monoisotopic (exact) mass is 354 g/mol. The van der Waals surface area contributed by atoms with Crippen LogP contribution in [0, 0.1) is 0 Å². The van der Waals surface area contributed by atoms with Crippen molar-refractivity contribution in [3.63, 3.8) is 0 Å². The molecule has 2 aliphatic heterocycles. The van der Waals surface area contributed by atoms with Gasteiger partial charge < -0.3 is 14.7 Å². The molecule has 0 radical (unpaired) electrons. The quantitative estimate of drug-likeness (QED) is 0.828. The maximum atomic E-state index is 11.0. The second-order valence-electron chi connectivity index (χ2n) is 7.31. The highest BCUT2D eigenvalue weighted by Gasteiger charge is 2.36. The van der Waals surface area contributed by atoms with Crippen molar-refractivity contribution in [1.29, 1.82) is 0 Å². The zero-order valence-electron chi connectivity index (χ0n) is 14.6. The van der Waals surface area contributed by atoms with Crippen LogP contribution in [-0.4, -0.2) is 64.3 Å². The summed E-state index contributed by atoms with van der Waals surface area (Å²) in [6, 6.07) is 10.3. The number of ether oxygens (including phenoxy) is 1. The van der Waals surface area contributed by atoms with Gasteiger partial charge in [-0.15, -0.1) is 11.6 Å². The third-order valence-electron chi connectivity index (χ3n) is 3.68. The van der Waals surface area contributed by atoms with Crippen molar-refractivity contribution in [1.82, 2.24) is 9.80 Å². The number of morpholine rings is 2. The summed E-state index contributed by atoms with van der Waals surface area (Å²) in [4.78, 5) is 14.8. The number of hydrogen-bond donors (Lipinski definition) is 1. The molecule has 1 aromatic rings. The fourth-order valence-electron chi connectivity index (χ4n) is 2.90. The molecule has 134 valence electrons. The van der Waals surface area contributed by atoms with Gasteiger partial charge in [0.25, 0.3) is 0 Å². The number of benzene rings is 1. The summed E-state index contributed by atoms with van der Waals surface area (Å²) in [5, 5.41) is 9.05. The normalized spacial score (nSPS) is 24.1. The van der Waals surface area contributed by atoms with Crippen LogP contribution in [0.3, 0.4) is 0 Å². The van der Waals surface area contributed by atoms with E-state index >= 15 is 0 Å². The molecule has 5 nitrogen and oxygen atoms in total. The third kappa shape index (κ3) is 6.67. The Morgan fingerprint density at radius 1 is 1.17 bits per heavy atom. The molecule has 2 unspecified atom stereocenters. The third-order valence-corrected chi connectivity index (χ3v) is 3.68. The van der Waals surface area contributed by atoms with Crippen LogP contribution in [0.15, 0.2) is 30.3 Å². The van der Waals surface area contributed by atoms with Crippen molar-refractivity contribution in [3.05, 3.63) is 35.9 Å². The van der Waals surface area contributed by atoms with Gasteiger partial charge in [-0.2, -0.15) is 0 Å². The topological polar surface area (TPSA) is 53.0 Å². The molecule has 6 heteroatoms. The number of amides is 1. The predicted octanol–water partition coefficient (Wildman–Crippen LogP) is 3.27. The lowest BCUT2D eigenvalue weighted by Crippen LogP contribution is -2.60. The molecule has 0 aromatic heterocycles. The van der Waals surface area contributed by atoms with Gasteiger partial charge >= 0.3 is 6.09 Å². The first-order chi connectivity index (χ1) is 11.2. The van der Waals surface area contributed by atoms with Gasteiger partial charge in [0.1, 0.15) is 0 Å². The van der Waals surface area contributed by atoms with E-state index in [0.29, 0.717) is 13.1 Å². The molecule has 0 spiro atoms. The van der Waals surface area contributed by atoms with Crippen LogP contribution in [-0.2, 0) is 11.3 Å². The van der Waals surface area contributed by atoms with Crippen molar-refractivity contribution >= 4 is 17.7 Å². The molecule has 2 atom stereocenters. The molecule has 1 amide bonds. The van der Waals surface area contributed by atoms with Crippen LogP contribution in [0.5, 0.6) is 0 Å². The van der Waals surface area contributed by atoms with Crippen LogP contribution in [0.4, 0.5) is 4.79 Å². The average molecular weight is 355 g/mol. The molecule has 0 saturated carbocycles. The number of carboxylic acid groups (broad SMARTS) is 1. The molecule has 1 N–H and O–H groups in total.